The Labute approximate surface area is 165 Å². The monoisotopic (exact) mass is 410 g/mol. The largest absolute Gasteiger partial charge is 0.287 e. The fraction of sp³-hybridized carbons (Fsp3) is 0.368. The summed E-state index contributed by atoms with van der Waals surface area (Å²) < 4.78 is 15.8. The van der Waals surface area contributed by atoms with E-state index in [4.69, 9.17) is 16.6 Å². The molecule has 0 radical (unpaired) electrons. The summed E-state index contributed by atoms with van der Waals surface area (Å²) in [7, 11) is 0. The Morgan fingerprint density at radius 1 is 1.35 bits per heavy atom. The SMILES string of the molecule is CCCCn1c(SCc2c(F)cccc2Cl)nc2sc(C)c(C)c2c1=O. The lowest BCUT2D eigenvalue weighted by molar-refractivity contribution is 0.558. The standard InChI is InChI=1S/C19H20ClFN2OS2/c1-4-5-9-23-18(24)16-11(2)12(3)26-17(16)22-19(23)25-10-13-14(20)7-6-8-15(13)21/h6-8H,4-5,9-10H2,1-3H3. The number of halogens is 2. The molecule has 0 N–H and O–H groups in total. The van der Waals surface area contributed by atoms with Gasteiger partial charge in [-0.2, -0.15) is 0 Å². The Morgan fingerprint density at radius 2 is 2.12 bits per heavy atom. The molecule has 0 saturated carbocycles. The zero-order chi connectivity index (χ0) is 18.8. The van der Waals surface area contributed by atoms with Crippen LogP contribution in [0.2, 0.25) is 5.02 Å². The summed E-state index contributed by atoms with van der Waals surface area (Å²) >= 11 is 9.02. The number of aryl methyl sites for hydroxylation is 2. The Bertz CT molecular complexity index is 993. The maximum atomic E-state index is 14.1. The Kier molecular flexibility index (Phi) is 6.05. The summed E-state index contributed by atoms with van der Waals surface area (Å²) in [6.07, 6.45) is 1.87. The third-order valence-electron chi connectivity index (χ3n) is 4.40. The first-order chi connectivity index (χ1) is 12.4. The molecule has 3 rings (SSSR count). The molecule has 0 bridgehead atoms. The smallest absolute Gasteiger partial charge is 0.263 e. The molecule has 0 aliphatic carbocycles. The van der Waals surface area contributed by atoms with E-state index in [1.54, 1.807) is 16.7 Å². The lowest BCUT2D eigenvalue weighted by Gasteiger charge is -2.12. The number of benzene rings is 1. The van der Waals surface area contributed by atoms with Crippen molar-refractivity contribution in [3.05, 3.63) is 55.4 Å². The van der Waals surface area contributed by atoms with Gasteiger partial charge in [-0.1, -0.05) is 42.8 Å². The van der Waals surface area contributed by atoms with E-state index in [2.05, 4.69) is 6.92 Å². The normalized spacial score (nSPS) is 11.4. The molecule has 26 heavy (non-hydrogen) atoms. The van der Waals surface area contributed by atoms with Gasteiger partial charge in [-0.25, -0.2) is 9.37 Å². The fourth-order valence-corrected chi connectivity index (χ4v) is 5.18. The lowest BCUT2D eigenvalue weighted by atomic mass is 10.2. The van der Waals surface area contributed by atoms with Gasteiger partial charge in [0, 0.05) is 27.8 Å². The summed E-state index contributed by atoms with van der Waals surface area (Å²) in [4.78, 5) is 19.6. The van der Waals surface area contributed by atoms with Crippen LogP contribution >= 0.6 is 34.7 Å². The van der Waals surface area contributed by atoms with Crippen LogP contribution in [0.5, 0.6) is 0 Å². The Hall–Kier alpha value is -1.37. The van der Waals surface area contributed by atoms with E-state index >= 15 is 0 Å². The lowest BCUT2D eigenvalue weighted by Crippen LogP contribution is -2.23. The van der Waals surface area contributed by atoms with Crippen molar-refractivity contribution in [2.75, 3.05) is 0 Å². The van der Waals surface area contributed by atoms with Crippen LogP contribution in [0.15, 0.2) is 28.2 Å². The van der Waals surface area contributed by atoms with Gasteiger partial charge in [0.2, 0.25) is 0 Å². The van der Waals surface area contributed by atoms with E-state index in [1.807, 2.05) is 13.8 Å². The van der Waals surface area contributed by atoms with Gasteiger partial charge in [0.15, 0.2) is 5.16 Å². The average molecular weight is 411 g/mol. The number of fused-ring (bicyclic) bond motifs is 1. The highest BCUT2D eigenvalue weighted by Crippen LogP contribution is 2.31. The molecule has 0 amide bonds. The number of thiophene rings is 1. The number of rotatable bonds is 6. The van der Waals surface area contributed by atoms with Crippen LogP contribution in [0.25, 0.3) is 10.2 Å². The number of thioether (sulfide) groups is 1. The molecule has 3 nitrogen and oxygen atoms in total. The molecule has 7 heteroatoms. The highest BCUT2D eigenvalue weighted by Gasteiger charge is 2.17. The van der Waals surface area contributed by atoms with Crippen LogP contribution in [0.1, 0.15) is 35.8 Å². The summed E-state index contributed by atoms with van der Waals surface area (Å²) in [5.41, 5.74) is 1.43. The van der Waals surface area contributed by atoms with Gasteiger partial charge in [0.05, 0.1) is 5.39 Å². The van der Waals surface area contributed by atoms with Crippen molar-refractivity contribution in [1.82, 2.24) is 9.55 Å². The topological polar surface area (TPSA) is 34.9 Å². The second-order valence-corrected chi connectivity index (χ2v) is 8.71. The molecule has 0 aliphatic rings. The molecule has 3 aromatic rings. The van der Waals surface area contributed by atoms with Gasteiger partial charge in [-0.15, -0.1) is 11.3 Å². The van der Waals surface area contributed by atoms with Gasteiger partial charge in [0.25, 0.3) is 5.56 Å². The molecule has 2 aromatic heterocycles. The molecule has 0 atom stereocenters. The van der Waals surface area contributed by atoms with Gasteiger partial charge in [0.1, 0.15) is 10.6 Å². The van der Waals surface area contributed by atoms with Crippen LogP contribution < -0.4 is 5.56 Å². The minimum absolute atomic E-state index is 0.00701. The molecule has 1 aromatic carbocycles. The number of unbranched alkanes of at least 4 members (excludes halogenated alkanes) is 1. The quantitative estimate of drug-likeness (QED) is 0.371. The zero-order valence-corrected chi connectivity index (χ0v) is 17.3. The van der Waals surface area contributed by atoms with Crippen LogP contribution in [-0.2, 0) is 12.3 Å². The number of aromatic nitrogens is 2. The zero-order valence-electron chi connectivity index (χ0n) is 14.9. The molecule has 138 valence electrons. The predicted octanol–water partition coefficient (Wildman–Crippen LogP) is 5.96. The van der Waals surface area contributed by atoms with E-state index in [9.17, 15) is 9.18 Å². The van der Waals surface area contributed by atoms with Crippen molar-refractivity contribution in [3.63, 3.8) is 0 Å². The van der Waals surface area contributed by atoms with Crippen molar-refractivity contribution in [2.24, 2.45) is 0 Å². The van der Waals surface area contributed by atoms with Crippen LogP contribution in [0.4, 0.5) is 4.39 Å². The molecule has 0 unspecified atom stereocenters. The second-order valence-electron chi connectivity index (χ2n) is 6.16. The van der Waals surface area contributed by atoms with Crippen LogP contribution in [-0.4, -0.2) is 9.55 Å². The second kappa shape index (κ2) is 8.11. The van der Waals surface area contributed by atoms with E-state index < -0.39 is 0 Å². The minimum Gasteiger partial charge on any atom is -0.287 e. The highest BCUT2D eigenvalue weighted by molar-refractivity contribution is 7.98. The van der Waals surface area contributed by atoms with E-state index in [0.717, 1.165) is 28.1 Å². The Balaban J connectivity index is 2.04. The fourth-order valence-electron chi connectivity index (χ4n) is 2.74. The third-order valence-corrected chi connectivity index (χ3v) is 6.85. The van der Waals surface area contributed by atoms with Crippen molar-refractivity contribution in [3.8, 4) is 0 Å². The van der Waals surface area contributed by atoms with Gasteiger partial charge < -0.3 is 0 Å². The first-order valence-corrected chi connectivity index (χ1v) is 10.7. The first-order valence-electron chi connectivity index (χ1n) is 8.50. The molecule has 0 saturated heterocycles. The molecule has 2 heterocycles. The maximum absolute atomic E-state index is 14.1. The summed E-state index contributed by atoms with van der Waals surface area (Å²) in [5, 5.41) is 1.72. The molecule has 0 aliphatic heterocycles. The molecular weight excluding hydrogens is 391 g/mol. The molecule has 0 fully saturated rings. The molecular formula is C19H20ClFN2OS2. The summed E-state index contributed by atoms with van der Waals surface area (Å²) in [6, 6.07) is 4.66. The average Bonchev–Trinajstić information content (AvgIpc) is 2.88. The molecule has 0 spiro atoms. The number of hydrogen-bond donors (Lipinski definition) is 0. The van der Waals surface area contributed by atoms with Crippen molar-refractivity contribution < 1.29 is 4.39 Å². The third kappa shape index (κ3) is 3.68. The minimum atomic E-state index is -0.337. The first kappa shape index (κ1) is 19.4. The highest BCUT2D eigenvalue weighted by atomic mass is 35.5. The summed E-state index contributed by atoms with van der Waals surface area (Å²) in [5.74, 6) is -0.00446. The van der Waals surface area contributed by atoms with Crippen molar-refractivity contribution in [2.45, 2.75) is 51.1 Å². The number of hydrogen-bond acceptors (Lipinski definition) is 4. The summed E-state index contributed by atoms with van der Waals surface area (Å²) in [6.45, 7) is 6.67. The number of nitrogens with zero attached hydrogens (tertiary/aromatic N) is 2. The van der Waals surface area contributed by atoms with Gasteiger partial charge in [-0.3, -0.25) is 9.36 Å². The van der Waals surface area contributed by atoms with Crippen molar-refractivity contribution >= 4 is 44.9 Å². The van der Waals surface area contributed by atoms with E-state index in [-0.39, 0.29) is 11.4 Å². The van der Waals surface area contributed by atoms with E-state index in [0.29, 0.717) is 33.4 Å². The van der Waals surface area contributed by atoms with Crippen molar-refractivity contribution in [1.29, 1.82) is 0 Å². The maximum Gasteiger partial charge on any atom is 0.263 e. The van der Waals surface area contributed by atoms with Crippen LogP contribution in [0, 0.1) is 19.7 Å². The van der Waals surface area contributed by atoms with Gasteiger partial charge in [-0.05, 0) is 38.0 Å². The Morgan fingerprint density at radius 3 is 2.81 bits per heavy atom. The van der Waals surface area contributed by atoms with Gasteiger partial charge >= 0.3 is 0 Å². The predicted molar refractivity (Wildman–Crippen MR) is 109 cm³/mol. The van der Waals surface area contributed by atoms with E-state index in [1.165, 1.54) is 29.2 Å². The van der Waals surface area contributed by atoms with Crippen LogP contribution in [0.3, 0.4) is 0 Å².